The van der Waals surface area contributed by atoms with Crippen LogP contribution < -0.4 is 4.72 Å². The zero-order valence-electron chi connectivity index (χ0n) is 16.2. The van der Waals surface area contributed by atoms with Crippen molar-refractivity contribution >= 4 is 49.9 Å². The number of rotatable bonds is 8. The first kappa shape index (κ1) is 22.4. The lowest BCUT2D eigenvalue weighted by molar-refractivity contribution is -0.385. The number of aryl methyl sites for hydroxylation is 1. The molecule has 3 aromatic carbocycles. The Bertz CT molecular complexity index is 1290. The first-order valence-electron chi connectivity index (χ1n) is 8.97. The van der Waals surface area contributed by atoms with E-state index in [0.29, 0.717) is 21.2 Å². The topological polar surface area (TPSA) is 147 Å². The Balaban J connectivity index is 2.08. The summed E-state index contributed by atoms with van der Waals surface area (Å²) in [4.78, 5) is 21.3. The average molecular weight is 463 g/mol. The maximum absolute atomic E-state index is 13.1. The van der Waals surface area contributed by atoms with Crippen molar-refractivity contribution in [2.24, 2.45) is 0 Å². The van der Waals surface area contributed by atoms with E-state index in [2.05, 4.69) is 4.72 Å². The van der Waals surface area contributed by atoms with Gasteiger partial charge in [0.05, 0.1) is 26.8 Å². The van der Waals surface area contributed by atoms with Gasteiger partial charge in [0.1, 0.15) is 5.75 Å². The molecular weight excluding hydrogens is 444 g/mol. The Morgan fingerprint density at radius 2 is 1.84 bits per heavy atom. The predicted octanol–water partition coefficient (Wildman–Crippen LogP) is 4.13. The molecule has 0 atom stereocenters. The van der Waals surface area contributed by atoms with Crippen molar-refractivity contribution in [1.29, 1.82) is 0 Å². The number of nitro benzene ring substituents is 1. The first-order valence-corrected chi connectivity index (χ1v) is 11.4. The van der Waals surface area contributed by atoms with Gasteiger partial charge in [0.2, 0.25) is 0 Å². The van der Waals surface area contributed by atoms with E-state index in [1.165, 1.54) is 25.1 Å². The highest BCUT2D eigenvalue weighted by atomic mass is 32.2. The summed E-state index contributed by atoms with van der Waals surface area (Å²) in [6, 6.07) is 11.6. The number of carbonyl (C=O) groups is 1. The molecule has 0 fully saturated rings. The van der Waals surface area contributed by atoms with Gasteiger partial charge in [0.15, 0.2) is 0 Å². The van der Waals surface area contributed by atoms with Gasteiger partial charge in [0, 0.05) is 28.7 Å². The summed E-state index contributed by atoms with van der Waals surface area (Å²) < 4.78 is 28.6. The Morgan fingerprint density at radius 3 is 2.48 bits per heavy atom. The van der Waals surface area contributed by atoms with Gasteiger partial charge in [-0.2, -0.15) is 0 Å². The number of hydrogen-bond donors (Lipinski definition) is 3. The second-order valence-electron chi connectivity index (χ2n) is 6.62. The molecule has 0 aliphatic carbocycles. The number of carboxylic acids is 1. The molecule has 11 heteroatoms. The van der Waals surface area contributed by atoms with Crippen molar-refractivity contribution in [2.75, 3.05) is 10.5 Å². The van der Waals surface area contributed by atoms with Crippen molar-refractivity contribution in [1.82, 2.24) is 0 Å². The van der Waals surface area contributed by atoms with E-state index >= 15 is 0 Å². The highest BCUT2D eigenvalue weighted by Crippen LogP contribution is 2.40. The van der Waals surface area contributed by atoms with Crippen LogP contribution in [-0.4, -0.2) is 35.3 Å². The van der Waals surface area contributed by atoms with Crippen molar-refractivity contribution in [3.63, 3.8) is 0 Å². The molecule has 0 amide bonds. The van der Waals surface area contributed by atoms with Crippen LogP contribution in [0.4, 0.5) is 11.4 Å². The Morgan fingerprint density at radius 1 is 1.16 bits per heavy atom. The molecule has 0 saturated heterocycles. The molecule has 0 aromatic heterocycles. The minimum atomic E-state index is -4.19. The van der Waals surface area contributed by atoms with Crippen LogP contribution in [0, 0.1) is 17.0 Å². The monoisotopic (exact) mass is 462 g/mol. The Hall–Kier alpha value is -3.31. The Labute approximate surface area is 181 Å². The van der Waals surface area contributed by atoms with Gasteiger partial charge in [0.25, 0.3) is 15.7 Å². The lowest BCUT2D eigenvalue weighted by Crippen LogP contribution is -2.15. The smallest absolute Gasteiger partial charge is 0.304 e. The molecule has 0 bridgehead atoms. The quantitative estimate of drug-likeness (QED) is 0.196. The van der Waals surface area contributed by atoms with Gasteiger partial charge in [-0.15, -0.1) is 11.8 Å². The molecule has 3 N–H and O–H groups in total. The molecule has 9 nitrogen and oxygen atoms in total. The van der Waals surface area contributed by atoms with E-state index in [-0.39, 0.29) is 34.2 Å². The second-order valence-corrected chi connectivity index (χ2v) is 9.41. The van der Waals surface area contributed by atoms with Gasteiger partial charge >= 0.3 is 5.97 Å². The number of phenols is 1. The van der Waals surface area contributed by atoms with Gasteiger partial charge in [-0.1, -0.05) is 30.3 Å². The minimum absolute atomic E-state index is 0.0829. The van der Waals surface area contributed by atoms with Crippen LogP contribution in [0.1, 0.15) is 12.0 Å². The number of thioether (sulfide) groups is 1. The third kappa shape index (κ3) is 4.89. The summed E-state index contributed by atoms with van der Waals surface area (Å²) in [6.45, 7) is 1.53. The van der Waals surface area contributed by atoms with Gasteiger partial charge in [-0.25, -0.2) is 8.42 Å². The standard InChI is InChI=1S/C20H18N2O7S2/c1-12-6-7-13(22(26)27)10-18(12)31(28,29)21-16-11-17(30-9-8-19(23)24)20(25)15-5-3-2-4-14(15)16/h2-7,10-11,21,25H,8-9H2,1H3,(H,23,24). The molecule has 31 heavy (non-hydrogen) atoms. The number of fused-ring (bicyclic) bond motifs is 1. The molecular formula is C20H18N2O7S2. The molecule has 0 unspecified atom stereocenters. The fourth-order valence-electron chi connectivity index (χ4n) is 2.97. The maximum atomic E-state index is 13.1. The number of non-ortho nitro benzene ring substituents is 1. The highest BCUT2D eigenvalue weighted by Gasteiger charge is 2.23. The molecule has 0 spiro atoms. The molecule has 0 saturated carbocycles. The normalized spacial score (nSPS) is 11.4. The lowest BCUT2D eigenvalue weighted by Gasteiger charge is -2.15. The number of phenolic OH excluding ortho intramolecular Hbond substituents is 1. The van der Waals surface area contributed by atoms with Crippen LogP contribution in [-0.2, 0) is 14.8 Å². The van der Waals surface area contributed by atoms with Crippen LogP contribution in [0.25, 0.3) is 10.8 Å². The number of nitrogens with one attached hydrogen (secondary N) is 1. The zero-order valence-corrected chi connectivity index (χ0v) is 17.9. The molecule has 0 radical (unpaired) electrons. The van der Waals surface area contributed by atoms with Crippen molar-refractivity contribution in [3.05, 3.63) is 64.2 Å². The summed E-state index contributed by atoms with van der Waals surface area (Å²) >= 11 is 1.08. The number of nitro groups is 1. The van der Waals surface area contributed by atoms with E-state index < -0.39 is 20.9 Å². The molecule has 0 aliphatic heterocycles. The lowest BCUT2D eigenvalue weighted by atomic mass is 10.1. The molecule has 0 aliphatic rings. The van der Waals surface area contributed by atoms with E-state index in [4.69, 9.17) is 5.11 Å². The molecule has 0 heterocycles. The maximum Gasteiger partial charge on any atom is 0.304 e. The van der Waals surface area contributed by atoms with Crippen LogP contribution in [0.15, 0.2) is 58.3 Å². The highest BCUT2D eigenvalue weighted by molar-refractivity contribution is 7.99. The third-order valence-corrected chi connectivity index (χ3v) is 7.01. The number of carboxylic acid groups (broad SMARTS) is 1. The summed E-state index contributed by atoms with van der Waals surface area (Å²) in [6.07, 6.45) is -0.134. The van der Waals surface area contributed by atoms with Crippen LogP contribution in [0.5, 0.6) is 5.75 Å². The van der Waals surface area contributed by atoms with Gasteiger partial charge < -0.3 is 10.2 Å². The largest absolute Gasteiger partial charge is 0.506 e. The summed E-state index contributed by atoms with van der Waals surface area (Å²) in [5.74, 6) is -0.896. The van der Waals surface area contributed by atoms with E-state index in [9.17, 15) is 28.4 Å². The summed E-state index contributed by atoms with van der Waals surface area (Å²) in [5.41, 5.74) is 0.140. The first-order chi connectivity index (χ1) is 14.6. The van der Waals surface area contributed by atoms with E-state index in [1.54, 1.807) is 24.3 Å². The predicted molar refractivity (Wildman–Crippen MR) is 117 cm³/mol. The van der Waals surface area contributed by atoms with Crippen LogP contribution >= 0.6 is 11.8 Å². The van der Waals surface area contributed by atoms with Crippen molar-refractivity contribution in [2.45, 2.75) is 23.1 Å². The van der Waals surface area contributed by atoms with E-state index in [0.717, 1.165) is 17.8 Å². The molecule has 162 valence electrons. The minimum Gasteiger partial charge on any atom is -0.506 e. The SMILES string of the molecule is Cc1ccc([N+](=O)[O-])cc1S(=O)(=O)Nc1cc(SCCC(=O)O)c(O)c2ccccc12. The second kappa shape index (κ2) is 8.82. The van der Waals surface area contributed by atoms with Crippen LogP contribution in [0.2, 0.25) is 0 Å². The number of aliphatic carboxylic acids is 1. The number of benzene rings is 3. The number of anilines is 1. The number of aromatic hydroxyl groups is 1. The number of sulfonamides is 1. The van der Waals surface area contributed by atoms with E-state index in [1.807, 2.05) is 0 Å². The summed E-state index contributed by atoms with van der Waals surface area (Å²) in [7, 11) is -4.19. The number of nitrogens with zero attached hydrogens (tertiary/aromatic N) is 1. The van der Waals surface area contributed by atoms with Crippen molar-refractivity contribution < 1.29 is 28.3 Å². The van der Waals surface area contributed by atoms with Crippen molar-refractivity contribution in [3.8, 4) is 5.75 Å². The van der Waals surface area contributed by atoms with Gasteiger partial charge in [-0.05, 0) is 18.6 Å². The summed E-state index contributed by atoms with van der Waals surface area (Å²) in [5, 5.41) is 31.3. The third-order valence-electron chi connectivity index (χ3n) is 4.47. The fraction of sp³-hybridized carbons (Fsp3) is 0.150. The fourth-order valence-corrected chi connectivity index (χ4v) is 5.25. The molecule has 3 aromatic rings. The Kier molecular flexibility index (Phi) is 6.37. The van der Waals surface area contributed by atoms with Gasteiger partial charge in [-0.3, -0.25) is 19.6 Å². The van der Waals surface area contributed by atoms with Crippen LogP contribution in [0.3, 0.4) is 0 Å². The number of hydrogen-bond acceptors (Lipinski definition) is 7. The molecule has 3 rings (SSSR count). The average Bonchev–Trinajstić information content (AvgIpc) is 2.70. The zero-order chi connectivity index (χ0) is 22.8.